The van der Waals surface area contributed by atoms with Gasteiger partial charge in [0.1, 0.15) is 11.5 Å². The number of rotatable bonds is 1. The fraction of sp³-hybridized carbons (Fsp3) is 0.133. The smallest absolute Gasteiger partial charge is 0.242 e. The third-order valence-corrected chi connectivity index (χ3v) is 3.55. The van der Waals surface area contributed by atoms with E-state index >= 15 is 0 Å². The molecule has 1 saturated heterocycles. The molecule has 0 aliphatic carbocycles. The fourth-order valence-corrected chi connectivity index (χ4v) is 2.53. The van der Waals surface area contributed by atoms with Gasteiger partial charge in [-0.15, -0.1) is 0 Å². The van der Waals surface area contributed by atoms with Crippen molar-refractivity contribution in [2.24, 2.45) is 0 Å². The molecule has 4 rings (SSSR count). The fourth-order valence-electron chi connectivity index (χ4n) is 2.53. The predicted octanol–water partition coefficient (Wildman–Crippen LogP) is 2.22. The molecular formula is C15H10O4. The Morgan fingerprint density at radius 1 is 1.11 bits per heavy atom. The van der Waals surface area contributed by atoms with Gasteiger partial charge in [0.15, 0.2) is 0 Å². The van der Waals surface area contributed by atoms with E-state index in [1.807, 2.05) is 30.3 Å². The predicted molar refractivity (Wildman–Crippen MR) is 66.1 cm³/mol. The van der Waals surface area contributed by atoms with E-state index in [1.54, 1.807) is 6.07 Å². The number of ketones is 1. The monoisotopic (exact) mass is 254 g/mol. The summed E-state index contributed by atoms with van der Waals surface area (Å²) in [7, 11) is 0. The van der Waals surface area contributed by atoms with Gasteiger partial charge in [-0.25, -0.2) is 0 Å². The number of aromatic hydroxyl groups is 1. The van der Waals surface area contributed by atoms with E-state index in [1.165, 1.54) is 12.1 Å². The first-order valence-electron chi connectivity index (χ1n) is 5.99. The lowest BCUT2D eigenvalue weighted by Crippen LogP contribution is -2.31. The lowest BCUT2D eigenvalue weighted by Gasteiger charge is -2.19. The van der Waals surface area contributed by atoms with Crippen LogP contribution in [0, 0.1) is 0 Å². The summed E-state index contributed by atoms with van der Waals surface area (Å²) >= 11 is 0. The molecule has 2 heterocycles. The van der Waals surface area contributed by atoms with Crippen LogP contribution in [0.3, 0.4) is 0 Å². The maximum atomic E-state index is 12.6. The Labute approximate surface area is 109 Å². The average molecular weight is 254 g/mol. The molecule has 4 nitrogen and oxygen atoms in total. The zero-order valence-electron chi connectivity index (χ0n) is 9.87. The number of phenols is 1. The van der Waals surface area contributed by atoms with Crippen molar-refractivity contribution in [3.8, 4) is 11.5 Å². The Balaban J connectivity index is 1.85. The van der Waals surface area contributed by atoms with Gasteiger partial charge in [0.05, 0.1) is 5.56 Å². The van der Waals surface area contributed by atoms with Crippen molar-refractivity contribution in [3.63, 3.8) is 0 Å². The zero-order valence-corrected chi connectivity index (χ0v) is 9.87. The van der Waals surface area contributed by atoms with Crippen LogP contribution in [0.25, 0.3) is 0 Å². The topological polar surface area (TPSA) is 59.1 Å². The molecule has 0 radical (unpaired) electrons. The van der Waals surface area contributed by atoms with E-state index in [0.717, 1.165) is 5.56 Å². The van der Waals surface area contributed by atoms with Crippen molar-refractivity contribution in [2.45, 2.75) is 11.9 Å². The summed E-state index contributed by atoms with van der Waals surface area (Å²) in [4.78, 5) is 12.6. The van der Waals surface area contributed by atoms with Gasteiger partial charge in [-0.3, -0.25) is 4.79 Å². The SMILES string of the molecule is O=C1c2ccc(O)cc2OC2OC12c1ccccc1. The molecule has 1 N–H and O–H groups in total. The van der Waals surface area contributed by atoms with Crippen LogP contribution < -0.4 is 4.74 Å². The van der Waals surface area contributed by atoms with Gasteiger partial charge in [0.2, 0.25) is 17.7 Å². The zero-order chi connectivity index (χ0) is 13.0. The second kappa shape index (κ2) is 3.36. The van der Waals surface area contributed by atoms with Crippen LogP contribution >= 0.6 is 0 Å². The molecule has 0 aromatic heterocycles. The van der Waals surface area contributed by atoms with Crippen LogP contribution in [-0.4, -0.2) is 17.2 Å². The molecular weight excluding hydrogens is 244 g/mol. The van der Waals surface area contributed by atoms with Crippen molar-refractivity contribution < 1.29 is 19.4 Å². The quantitative estimate of drug-likeness (QED) is 0.793. The van der Waals surface area contributed by atoms with E-state index < -0.39 is 11.9 Å². The number of epoxide rings is 1. The largest absolute Gasteiger partial charge is 0.508 e. The van der Waals surface area contributed by atoms with Gasteiger partial charge >= 0.3 is 0 Å². The number of phenolic OH excluding ortho intramolecular Hbond substituents is 1. The Morgan fingerprint density at radius 2 is 1.89 bits per heavy atom. The average Bonchev–Trinajstić information content (AvgIpc) is 3.15. The molecule has 2 aromatic carbocycles. The van der Waals surface area contributed by atoms with Crippen molar-refractivity contribution in [2.75, 3.05) is 0 Å². The summed E-state index contributed by atoms with van der Waals surface area (Å²) in [6.45, 7) is 0. The lowest BCUT2D eigenvalue weighted by molar-refractivity contribution is 0.0863. The molecule has 1 fully saturated rings. The Kier molecular flexibility index (Phi) is 1.87. The number of hydrogen-bond acceptors (Lipinski definition) is 4. The summed E-state index contributed by atoms with van der Waals surface area (Å²) < 4.78 is 11.1. The number of ether oxygens (including phenoxy) is 2. The normalized spacial score (nSPS) is 27.2. The van der Waals surface area contributed by atoms with Crippen LogP contribution in [0.1, 0.15) is 15.9 Å². The third kappa shape index (κ3) is 1.29. The van der Waals surface area contributed by atoms with Crippen LogP contribution in [0.2, 0.25) is 0 Å². The molecule has 2 atom stereocenters. The highest BCUT2D eigenvalue weighted by Gasteiger charge is 2.68. The summed E-state index contributed by atoms with van der Waals surface area (Å²) in [5.74, 6) is 0.323. The molecule has 2 aliphatic heterocycles. The minimum Gasteiger partial charge on any atom is -0.508 e. The van der Waals surface area contributed by atoms with Gasteiger partial charge in [-0.05, 0) is 17.7 Å². The van der Waals surface area contributed by atoms with Crippen molar-refractivity contribution >= 4 is 5.78 Å². The Hall–Kier alpha value is -2.33. The second-order valence-electron chi connectivity index (χ2n) is 4.68. The molecule has 2 aliphatic rings. The number of carbonyl (C=O) groups excluding carboxylic acids is 1. The highest BCUT2D eigenvalue weighted by molar-refractivity contribution is 6.08. The standard InChI is InChI=1S/C15H10O4/c16-10-6-7-11-12(8-10)18-14-15(19-14,13(11)17)9-4-2-1-3-5-9/h1-8,14,16H. The van der Waals surface area contributed by atoms with Crippen LogP contribution in [-0.2, 0) is 10.3 Å². The van der Waals surface area contributed by atoms with Gasteiger partial charge in [0.25, 0.3) is 0 Å². The van der Waals surface area contributed by atoms with Crippen LogP contribution in [0.4, 0.5) is 0 Å². The minimum absolute atomic E-state index is 0.0689. The van der Waals surface area contributed by atoms with Crippen LogP contribution in [0.15, 0.2) is 48.5 Å². The maximum absolute atomic E-state index is 12.6. The lowest BCUT2D eigenvalue weighted by atomic mass is 9.88. The molecule has 0 saturated carbocycles. The summed E-state index contributed by atoms with van der Waals surface area (Å²) in [5, 5.41) is 9.42. The number of carbonyl (C=O) groups is 1. The molecule has 2 aromatic rings. The number of hydrogen-bond donors (Lipinski definition) is 1. The molecule has 0 spiro atoms. The maximum Gasteiger partial charge on any atom is 0.242 e. The van der Waals surface area contributed by atoms with Gasteiger partial charge in [0, 0.05) is 6.07 Å². The summed E-state index contributed by atoms with van der Waals surface area (Å²) in [6, 6.07) is 13.8. The van der Waals surface area contributed by atoms with Crippen molar-refractivity contribution in [1.82, 2.24) is 0 Å². The third-order valence-electron chi connectivity index (χ3n) is 3.55. The molecule has 94 valence electrons. The van der Waals surface area contributed by atoms with Crippen molar-refractivity contribution in [3.05, 3.63) is 59.7 Å². The molecule has 2 unspecified atom stereocenters. The minimum atomic E-state index is -1.01. The first-order valence-corrected chi connectivity index (χ1v) is 5.99. The highest BCUT2D eigenvalue weighted by atomic mass is 16.8. The second-order valence-corrected chi connectivity index (χ2v) is 4.68. The Bertz CT molecular complexity index is 680. The first kappa shape index (κ1) is 10.6. The first-order chi connectivity index (χ1) is 9.22. The van der Waals surface area contributed by atoms with Gasteiger partial charge in [-0.1, -0.05) is 30.3 Å². The summed E-state index contributed by atoms with van der Waals surface area (Å²) in [6.07, 6.45) is -0.600. The van der Waals surface area contributed by atoms with Crippen molar-refractivity contribution in [1.29, 1.82) is 0 Å². The van der Waals surface area contributed by atoms with Gasteiger partial charge in [-0.2, -0.15) is 0 Å². The van der Waals surface area contributed by atoms with Gasteiger partial charge < -0.3 is 14.6 Å². The number of benzene rings is 2. The van der Waals surface area contributed by atoms with E-state index in [2.05, 4.69) is 0 Å². The molecule has 0 amide bonds. The molecule has 19 heavy (non-hydrogen) atoms. The van der Waals surface area contributed by atoms with E-state index in [9.17, 15) is 9.90 Å². The molecule has 0 bridgehead atoms. The summed E-state index contributed by atoms with van der Waals surface area (Å²) in [5.41, 5.74) is 0.227. The number of fused-ring (bicyclic) bond motifs is 2. The van der Waals surface area contributed by atoms with E-state index in [0.29, 0.717) is 11.3 Å². The molecule has 4 heteroatoms. The van der Waals surface area contributed by atoms with Crippen LogP contribution in [0.5, 0.6) is 11.5 Å². The van der Waals surface area contributed by atoms with E-state index in [4.69, 9.17) is 9.47 Å². The Morgan fingerprint density at radius 3 is 2.68 bits per heavy atom. The highest BCUT2D eigenvalue weighted by Crippen LogP contribution is 2.54. The van der Waals surface area contributed by atoms with E-state index in [-0.39, 0.29) is 11.5 Å². The number of Topliss-reactive ketones (excluding diaryl/α,β-unsaturated/α-hetero) is 1.